The molecular formula is C18H30O6. The summed E-state index contributed by atoms with van der Waals surface area (Å²) in [5, 5.41) is 20.6. The Kier molecular flexibility index (Phi) is 7.42. The zero-order chi connectivity index (χ0) is 18.5. The molecule has 6 nitrogen and oxygen atoms in total. The van der Waals surface area contributed by atoms with Crippen molar-refractivity contribution in [3.8, 4) is 0 Å². The van der Waals surface area contributed by atoms with Crippen LogP contribution in [0.2, 0.25) is 0 Å². The maximum absolute atomic E-state index is 12.1. The third-order valence-electron chi connectivity index (χ3n) is 4.41. The van der Waals surface area contributed by atoms with Crippen molar-refractivity contribution in [1.82, 2.24) is 0 Å². The number of aliphatic hydroxyl groups is 2. The predicted octanol–water partition coefficient (Wildman–Crippen LogP) is 1.97. The highest BCUT2D eigenvalue weighted by Crippen LogP contribution is 2.27. The van der Waals surface area contributed by atoms with Crippen LogP contribution in [0.3, 0.4) is 0 Å². The van der Waals surface area contributed by atoms with Gasteiger partial charge in [-0.25, -0.2) is 0 Å². The van der Waals surface area contributed by atoms with E-state index < -0.39 is 29.9 Å². The first-order valence-electron chi connectivity index (χ1n) is 8.48. The van der Waals surface area contributed by atoms with E-state index in [9.17, 15) is 19.8 Å². The fourth-order valence-electron chi connectivity index (χ4n) is 2.85. The molecule has 0 saturated heterocycles. The van der Waals surface area contributed by atoms with Crippen molar-refractivity contribution in [1.29, 1.82) is 0 Å². The zero-order valence-electron chi connectivity index (χ0n) is 15.2. The smallest absolute Gasteiger partial charge is 0.306 e. The van der Waals surface area contributed by atoms with Crippen molar-refractivity contribution in [2.45, 2.75) is 77.8 Å². The van der Waals surface area contributed by atoms with Gasteiger partial charge in [0.1, 0.15) is 17.8 Å². The Bertz CT molecular complexity index is 468. The molecular weight excluding hydrogens is 312 g/mol. The topological polar surface area (TPSA) is 93.1 Å². The van der Waals surface area contributed by atoms with E-state index in [1.54, 1.807) is 32.9 Å². The second-order valence-corrected chi connectivity index (χ2v) is 7.17. The molecule has 138 valence electrons. The Hall–Kier alpha value is -1.40. The van der Waals surface area contributed by atoms with Gasteiger partial charge in [-0.15, -0.1) is 0 Å². The lowest BCUT2D eigenvalue weighted by molar-refractivity contribution is -0.159. The molecule has 0 aromatic carbocycles. The van der Waals surface area contributed by atoms with Crippen LogP contribution >= 0.6 is 0 Å². The number of carbonyl (C=O) groups is 2. The van der Waals surface area contributed by atoms with Crippen LogP contribution in [-0.4, -0.2) is 46.1 Å². The molecule has 0 radical (unpaired) electrons. The van der Waals surface area contributed by atoms with E-state index >= 15 is 0 Å². The molecule has 0 saturated carbocycles. The number of carbonyl (C=O) groups excluding carboxylic acids is 2. The molecule has 0 aromatic rings. The van der Waals surface area contributed by atoms with Gasteiger partial charge in [0.2, 0.25) is 0 Å². The van der Waals surface area contributed by atoms with Crippen molar-refractivity contribution in [2.75, 3.05) is 0 Å². The van der Waals surface area contributed by atoms with Crippen molar-refractivity contribution in [2.24, 2.45) is 11.8 Å². The van der Waals surface area contributed by atoms with Gasteiger partial charge >= 0.3 is 11.9 Å². The van der Waals surface area contributed by atoms with Crippen molar-refractivity contribution in [3.05, 3.63) is 12.2 Å². The Morgan fingerprint density at radius 3 is 2.58 bits per heavy atom. The first-order valence-corrected chi connectivity index (χ1v) is 8.48. The average Bonchev–Trinajstić information content (AvgIpc) is 2.45. The molecule has 1 rings (SSSR count). The SMILES string of the molecule is CC(=O)O[C@H]1/C=C/[C@H](C)[C@@H]([C@@H](C)O)OC(=O)C[C@H](C)CC[C@@]1(C)O. The van der Waals surface area contributed by atoms with Gasteiger partial charge in [-0.2, -0.15) is 0 Å². The van der Waals surface area contributed by atoms with E-state index in [1.165, 1.54) is 6.92 Å². The maximum Gasteiger partial charge on any atom is 0.306 e. The van der Waals surface area contributed by atoms with E-state index in [2.05, 4.69) is 0 Å². The molecule has 1 aliphatic rings. The predicted molar refractivity (Wildman–Crippen MR) is 89.1 cm³/mol. The molecule has 1 heterocycles. The molecule has 0 unspecified atom stereocenters. The molecule has 1 aliphatic heterocycles. The molecule has 6 atom stereocenters. The second-order valence-electron chi connectivity index (χ2n) is 7.17. The van der Waals surface area contributed by atoms with Gasteiger partial charge in [0.25, 0.3) is 0 Å². The molecule has 0 aromatic heterocycles. The lowest BCUT2D eigenvalue weighted by atomic mass is 9.87. The van der Waals surface area contributed by atoms with E-state index in [0.717, 1.165) is 0 Å². The van der Waals surface area contributed by atoms with Gasteiger partial charge in [0, 0.05) is 19.3 Å². The highest BCUT2D eigenvalue weighted by Gasteiger charge is 2.34. The van der Waals surface area contributed by atoms with E-state index in [0.29, 0.717) is 12.8 Å². The van der Waals surface area contributed by atoms with Gasteiger partial charge in [-0.1, -0.05) is 19.9 Å². The number of ether oxygens (including phenoxy) is 2. The number of rotatable bonds is 2. The number of cyclic esters (lactones) is 1. The Morgan fingerprint density at radius 2 is 2.04 bits per heavy atom. The molecule has 0 amide bonds. The molecule has 0 fully saturated rings. The third-order valence-corrected chi connectivity index (χ3v) is 4.41. The molecule has 24 heavy (non-hydrogen) atoms. The number of aliphatic hydroxyl groups excluding tert-OH is 1. The van der Waals surface area contributed by atoms with E-state index in [4.69, 9.17) is 9.47 Å². The van der Waals surface area contributed by atoms with Crippen LogP contribution in [-0.2, 0) is 19.1 Å². The van der Waals surface area contributed by atoms with Gasteiger partial charge in [0.05, 0.1) is 6.10 Å². The Balaban J connectivity index is 3.13. The quantitative estimate of drug-likeness (QED) is 0.589. The summed E-state index contributed by atoms with van der Waals surface area (Å²) in [6.07, 6.45) is 2.19. The summed E-state index contributed by atoms with van der Waals surface area (Å²) in [4.78, 5) is 23.4. The van der Waals surface area contributed by atoms with Crippen molar-refractivity contribution in [3.63, 3.8) is 0 Å². The minimum Gasteiger partial charge on any atom is -0.459 e. The highest BCUT2D eigenvalue weighted by atomic mass is 16.6. The van der Waals surface area contributed by atoms with Crippen LogP contribution in [0.25, 0.3) is 0 Å². The Morgan fingerprint density at radius 1 is 1.42 bits per heavy atom. The van der Waals surface area contributed by atoms with Crippen LogP contribution in [0.5, 0.6) is 0 Å². The highest BCUT2D eigenvalue weighted by molar-refractivity contribution is 5.70. The fourth-order valence-corrected chi connectivity index (χ4v) is 2.85. The minimum atomic E-state index is -1.24. The van der Waals surface area contributed by atoms with Crippen LogP contribution in [0.1, 0.15) is 53.9 Å². The van der Waals surface area contributed by atoms with E-state index in [-0.39, 0.29) is 24.2 Å². The largest absolute Gasteiger partial charge is 0.459 e. The van der Waals surface area contributed by atoms with Gasteiger partial charge in [-0.05, 0) is 38.7 Å². The van der Waals surface area contributed by atoms with Crippen LogP contribution in [0.15, 0.2) is 12.2 Å². The first kappa shape index (κ1) is 20.6. The van der Waals surface area contributed by atoms with Crippen LogP contribution in [0.4, 0.5) is 0 Å². The molecule has 0 aliphatic carbocycles. The lowest BCUT2D eigenvalue weighted by Crippen LogP contribution is -2.42. The summed E-state index contributed by atoms with van der Waals surface area (Å²) in [6.45, 7) is 8.19. The van der Waals surface area contributed by atoms with Gasteiger partial charge < -0.3 is 19.7 Å². The first-order chi connectivity index (χ1) is 11.0. The average molecular weight is 342 g/mol. The standard InChI is InChI=1S/C18H30O6/c1-11-8-9-18(5,22)15(23-14(4)20)7-6-12(2)17(13(3)19)24-16(21)10-11/h6-7,11-13,15,17,19,22H,8-10H2,1-5H3/b7-6+/t11-,12+,13-,15+,17+,18-/m1/s1. The van der Waals surface area contributed by atoms with Crippen LogP contribution < -0.4 is 0 Å². The Labute approximate surface area is 143 Å². The normalized spacial score (nSPS) is 38.2. The molecule has 6 heteroatoms. The summed E-state index contributed by atoms with van der Waals surface area (Å²) in [6, 6.07) is 0. The summed E-state index contributed by atoms with van der Waals surface area (Å²) in [5.74, 6) is -1.12. The van der Waals surface area contributed by atoms with Crippen molar-refractivity contribution >= 4 is 11.9 Å². The van der Waals surface area contributed by atoms with Crippen molar-refractivity contribution < 1.29 is 29.3 Å². The molecule has 0 bridgehead atoms. The van der Waals surface area contributed by atoms with E-state index in [1.807, 2.05) is 6.92 Å². The molecule has 2 N–H and O–H groups in total. The lowest BCUT2D eigenvalue weighted by Gasteiger charge is -2.33. The van der Waals surface area contributed by atoms with Gasteiger partial charge in [0.15, 0.2) is 0 Å². The summed E-state index contributed by atoms with van der Waals surface area (Å²) in [7, 11) is 0. The number of hydrogen-bond donors (Lipinski definition) is 2. The summed E-state index contributed by atoms with van der Waals surface area (Å²) >= 11 is 0. The monoisotopic (exact) mass is 342 g/mol. The third kappa shape index (κ3) is 6.24. The fraction of sp³-hybridized carbons (Fsp3) is 0.778. The summed E-state index contributed by atoms with van der Waals surface area (Å²) < 4.78 is 10.7. The number of hydrogen-bond acceptors (Lipinski definition) is 6. The molecule has 0 spiro atoms. The van der Waals surface area contributed by atoms with Gasteiger partial charge in [-0.3, -0.25) is 9.59 Å². The van der Waals surface area contributed by atoms with Crippen LogP contribution in [0, 0.1) is 11.8 Å². The second kappa shape index (κ2) is 8.62. The number of esters is 2. The minimum absolute atomic E-state index is 0.00955. The summed E-state index contributed by atoms with van der Waals surface area (Å²) in [5.41, 5.74) is -1.24. The maximum atomic E-state index is 12.1. The zero-order valence-corrected chi connectivity index (χ0v) is 15.2.